The zero-order valence-electron chi connectivity index (χ0n) is 15.4. The highest BCUT2D eigenvalue weighted by Gasteiger charge is 2.24. The number of benzene rings is 1. The Kier molecular flexibility index (Phi) is 5.25. The molecule has 1 saturated heterocycles. The highest BCUT2D eigenvalue weighted by Crippen LogP contribution is 2.24. The predicted octanol–water partition coefficient (Wildman–Crippen LogP) is 3.06. The minimum absolute atomic E-state index is 0.100. The van der Waals surface area contributed by atoms with Gasteiger partial charge < -0.3 is 5.32 Å². The Morgan fingerprint density at radius 1 is 1.22 bits per heavy atom. The van der Waals surface area contributed by atoms with E-state index in [2.05, 4.69) is 46.4 Å². The molecule has 1 fully saturated rings. The summed E-state index contributed by atoms with van der Waals surface area (Å²) in [4.78, 5) is 19.5. The maximum atomic E-state index is 12.4. The fourth-order valence-corrected chi connectivity index (χ4v) is 3.82. The van der Waals surface area contributed by atoms with Crippen LogP contribution in [0.1, 0.15) is 29.8 Å². The van der Waals surface area contributed by atoms with E-state index in [9.17, 15) is 4.79 Å². The molecule has 1 aliphatic rings. The van der Waals surface area contributed by atoms with Crippen molar-refractivity contribution in [2.75, 3.05) is 19.6 Å². The SMILES string of the molecule is CCc1ccc(C2CNCCN2Cc2cc(=O)n3cc(Cl)ccc3n2)cc1. The summed E-state index contributed by atoms with van der Waals surface area (Å²) in [5.41, 5.74) is 3.96. The van der Waals surface area contributed by atoms with Crippen LogP contribution in [0.2, 0.25) is 5.02 Å². The summed E-state index contributed by atoms with van der Waals surface area (Å²) < 4.78 is 1.49. The van der Waals surface area contributed by atoms with Gasteiger partial charge in [-0.05, 0) is 29.7 Å². The quantitative estimate of drug-likeness (QED) is 0.753. The van der Waals surface area contributed by atoms with Crippen LogP contribution in [0.25, 0.3) is 5.65 Å². The molecule has 6 heteroatoms. The van der Waals surface area contributed by atoms with E-state index in [0.717, 1.165) is 31.7 Å². The largest absolute Gasteiger partial charge is 0.314 e. The molecular weight excluding hydrogens is 360 g/mol. The van der Waals surface area contributed by atoms with Crippen molar-refractivity contribution in [3.8, 4) is 0 Å². The second kappa shape index (κ2) is 7.80. The lowest BCUT2D eigenvalue weighted by Gasteiger charge is -2.36. The van der Waals surface area contributed by atoms with Gasteiger partial charge in [0, 0.05) is 44.5 Å². The van der Waals surface area contributed by atoms with Crippen molar-refractivity contribution in [3.63, 3.8) is 0 Å². The predicted molar refractivity (Wildman–Crippen MR) is 108 cm³/mol. The van der Waals surface area contributed by atoms with Crippen LogP contribution in [-0.2, 0) is 13.0 Å². The molecular formula is C21H23ClN4O. The van der Waals surface area contributed by atoms with Crippen LogP contribution < -0.4 is 10.9 Å². The molecule has 0 spiro atoms. The zero-order chi connectivity index (χ0) is 18.8. The summed E-state index contributed by atoms with van der Waals surface area (Å²) in [6, 6.07) is 14.3. The standard InChI is InChI=1S/C21H23ClN4O/c1-2-15-3-5-16(6-4-15)19-12-23-9-10-25(19)14-18-11-21(27)26-13-17(22)7-8-20(26)24-18/h3-8,11,13,19,23H,2,9-10,12,14H2,1H3. The number of nitrogens with zero attached hydrogens (tertiary/aromatic N) is 3. The smallest absolute Gasteiger partial charge is 0.258 e. The molecule has 0 bridgehead atoms. The molecule has 1 aromatic carbocycles. The lowest BCUT2D eigenvalue weighted by atomic mass is 10.0. The van der Waals surface area contributed by atoms with Crippen LogP contribution in [0.15, 0.2) is 53.5 Å². The van der Waals surface area contributed by atoms with E-state index >= 15 is 0 Å². The molecule has 5 nitrogen and oxygen atoms in total. The Balaban J connectivity index is 1.62. The number of hydrogen-bond acceptors (Lipinski definition) is 4. The van der Waals surface area contributed by atoms with E-state index < -0.39 is 0 Å². The second-order valence-electron chi connectivity index (χ2n) is 6.95. The summed E-state index contributed by atoms with van der Waals surface area (Å²) in [7, 11) is 0. The van der Waals surface area contributed by atoms with Crippen molar-refractivity contribution in [2.24, 2.45) is 0 Å². The van der Waals surface area contributed by atoms with Crippen molar-refractivity contribution in [2.45, 2.75) is 25.9 Å². The molecule has 2 aromatic heterocycles. The van der Waals surface area contributed by atoms with Gasteiger partial charge in [-0.3, -0.25) is 14.1 Å². The first-order valence-electron chi connectivity index (χ1n) is 9.35. The van der Waals surface area contributed by atoms with Crippen molar-refractivity contribution < 1.29 is 0 Å². The first-order valence-corrected chi connectivity index (χ1v) is 9.73. The van der Waals surface area contributed by atoms with Gasteiger partial charge in [-0.25, -0.2) is 4.98 Å². The molecule has 0 saturated carbocycles. The minimum atomic E-state index is -0.100. The van der Waals surface area contributed by atoms with Crippen molar-refractivity contribution in [1.82, 2.24) is 19.6 Å². The Hall–Kier alpha value is -2.21. The summed E-state index contributed by atoms with van der Waals surface area (Å²) in [6.07, 6.45) is 2.65. The third-order valence-corrected chi connectivity index (χ3v) is 5.39. The van der Waals surface area contributed by atoms with Gasteiger partial charge in [0.1, 0.15) is 5.65 Å². The monoisotopic (exact) mass is 382 g/mol. The van der Waals surface area contributed by atoms with Gasteiger partial charge in [0.15, 0.2) is 0 Å². The zero-order valence-corrected chi connectivity index (χ0v) is 16.1. The molecule has 0 aliphatic carbocycles. The Morgan fingerprint density at radius 2 is 2.04 bits per heavy atom. The summed E-state index contributed by atoms with van der Waals surface area (Å²) in [5, 5.41) is 4.01. The van der Waals surface area contributed by atoms with Gasteiger partial charge in [-0.1, -0.05) is 42.8 Å². The third-order valence-electron chi connectivity index (χ3n) is 5.17. The van der Waals surface area contributed by atoms with Gasteiger partial charge in [0.25, 0.3) is 5.56 Å². The van der Waals surface area contributed by atoms with E-state index in [4.69, 9.17) is 11.6 Å². The van der Waals surface area contributed by atoms with Gasteiger partial charge in [-0.2, -0.15) is 0 Å². The van der Waals surface area contributed by atoms with Gasteiger partial charge >= 0.3 is 0 Å². The maximum absolute atomic E-state index is 12.4. The topological polar surface area (TPSA) is 49.6 Å². The fraction of sp³-hybridized carbons (Fsp3) is 0.333. The molecule has 4 rings (SSSR count). The highest BCUT2D eigenvalue weighted by atomic mass is 35.5. The first-order chi connectivity index (χ1) is 13.1. The van der Waals surface area contributed by atoms with E-state index in [1.807, 2.05) is 0 Å². The number of rotatable bonds is 4. The molecule has 27 heavy (non-hydrogen) atoms. The summed E-state index contributed by atoms with van der Waals surface area (Å²) in [5.74, 6) is 0. The summed E-state index contributed by atoms with van der Waals surface area (Å²) in [6.45, 7) is 5.57. The Bertz CT molecular complexity index is 999. The molecule has 0 amide bonds. The maximum Gasteiger partial charge on any atom is 0.258 e. The number of hydrogen-bond donors (Lipinski definition) is 1. The molecule has 1 unspecified atom stereocenters. The normalized spacial score (nSPS) is 18.1. The fourth-order valence-electron chi connectivity index (χ4n) is 3.65. The van der Waals surface area contributed by atoms with Crippen molar-refractivity contribution >= 4 is 17.2 Å². The number of aromatic nitrogens is 2. The van der Waals surface area contributed by atoms with Crippen LogP contribution in [-0.4, -0.2) is 33.9 Å². The van der Waals surface area contributed by atoms with E-state index in [-0.39, 0.29) is 11.6 Å². The second-order valence-corrected chi connectivity index (χ2v) is 7.38. The Morgan fingerprint density at radius 3 is 2.81 bits per heavy atom. The number of fused-ring (bicyclic) bond motifs is 1. The van der Waals surface area contributed by atoms with Crippen LogP contribution in [0.4, 0.5) is 0 Å². The minimum Gasteiger partial charge on any atom is -0.314 e. The van der Waals surface area contributed by atoms with Gasteiger partial charge in [0.05, 0.1) is 10.7 Å². The van der Waals surface area contributed by atoms with E-state index in [0.29, 0.717) is 17.2 Å². The van der Waals surface area contributed by atoms with Crippen molar-refractivity contribution in [3.05, 3.63) is 80.9 Å². The lowest BCUT2D eigenvalue weighted by Crippen LogP contribution is -2.45. The van der Waals surface area contributed by atoms with Crippen LogP contribution in [0.3, 0.4) is 0 Å². The van der Waals surface area contributed by atoms with Crippen LogP contribution >= 0.6 is 11.6 Å². The molecule has 1 N–H and O–H groups in total. The molecule has 140 valence electrons. The van der Waals surface area contributed by atoms with Crippen molar-refractivity contribution in [1.29, 1.82) is 0 Å². The van der Waals surface area contributed by atoms with Gasteiger partial charge in [0.2, 0.25) is 0 Å². The van der Waals surface area contributed by atoms with E-state index in [1.54, 1.807) is 24.4 Å². The molecule has 1 aliphatic heterocycles. The average Bonchev–Trinajstić information content (AvgIpc) is 2.69. The van der Waals surface area contributed by atoms with Gasteiger partial charge in [-0.15, -0.1) is 0 Å². The lowest BCUT2D eigenvalue weighted by molar-refractivity contribution is 0.152. The Labute approximate surface area is 163 Å². The highest BCUT2D eigenvalue weighted by molar-refractivity contribution is 6.30. The summed E-state index contributed by atoms with van der Waals surface area (Å²) >= 11 is 5.99. The first kappa shape index (κ1) is 18.2. The molecule has 3 heterocycles. The molecule has 3 aromatic rings. The number of piperazine rings is 1. The molecule has 1 atom stereocenters. The third kappa shape index (κ3) is 3.90. The number of halogens is 1. The van der Waals surface area contributed by atoms with E-state index in [1.165, 1.54) is 15.5 Å². The number of pyridine rings is 1. The molecule has 0 radical (unpaired) electrons. The van der Waals surface area contributed by atoms with Crippen LogP contribution in [0.5, 0.6) is 0 Å². The number of nitrogens with one attached hydrogen (secondary N) is 1. The van der Waals surface area contributed by atoms with Crippen LogP contribution in [0, 0.1) is 0 Å². The average molecular weight is 383 g/mol. The number of aryl methyl sites for hydroxylation is 1.